The summed E-state index contributed by atoms with van der Waals surface area (Å²) in [6.07, 6.45) is 0. The lowest BCUT2D eigenvalue weighted by Gasteiger charge is -2.38. The molecule has 1 aromatic rings. The van der Waals surface area contributed by atoms with Gasteiger partial charge in [0.2, 0.25) is 0 Å². The van der Waals surface area contributed by atoms with Gasteiger partial charge in [-0.2, -0.15) is 0 Å². The van der Waals surface area contributed by atoms with Crippen molar-refractivity contribution in [3.8, 4) is 0 Å². The molecule has 0 saturated carbocycles. The van der Waals surface area contributed by atoms with Crippen LogP contribution in [0.25, 0.3) is 0 Å². The van der Waals surface area contributed by atoms with Crippen molar-refractivity contribution in [3.63, 3.8) is 0 Å². The van der Waals surface area contributed by atoms with E-state index in [1.807, 2.05) is 6.07 Å². The van der Waals surface area contributed by atoms with E-state index in [1.54, 1.807) is 0 Å². The summed E-state index contributed by atoms with van der Waals surface area (Å²) in [6.45, 7) is 9.43. The third-order valence-corrected chi connectivity index (χ3v) is 3.02. The zero-order chi connectivity index (χ0) is 13.0. The maximum atomic E-state index is 5.90. The summed E-state index contributed by atoms with van der Waals surface area (Å²) in [5, 5.41) is 0. The zero-order valence-corrected chi connectivity index (χ0v) is 11.6. The van der Waals surface area contributed by atoms with Gasteiger partial charge < -0.3 is 14.4 Å². The number of anilines is 1. The molecule has 0 unspecified atom stereocenters. The van der Waals surface area contributed by atoms with Gasteiger partial charge in [0.05, 0.1) is 31.5 Å². The van der Waals surface area contributed by atoms with Gasteiger partial charge in [-0.25, -0.2) is 0 Å². The molecule has 1 aromatic carbocycles. The van der Waals surface area contributed by atoms with Gasteiger partial charge >= 0.3 is 0 Å². The van der Waals surface area contributed by atoms with Crippen LogP contribution < -0.4 is 4.90 Å². The molecule has 0 spiro atoms. The molecular weight excluding hydrogens is 226 g/mol. The lowest BCUT2D eigenvalue weighted by molar-refractivity contribution is -0.0304. The molecule has 3 heteroatoms. The van der Waals surface area contributed by atoms with Crippen molar-refractivity contribution in [2.45, 2.75) is 32.4 Å². The zero-order valence-electron chi connectivity index (χ0n) is 11.6. The summed E-state index contributed by atoms with van der Waals surface area (Å²) in [4.78, 5) is 2.38. The van der Waals surface area contributed by atoms with Gasteiger partial charge in [0, 0.05) is 12.2 Å². The van der Waals surface area contributed by atoms with Crippen molar-refractivity contribution in [1.82, 2.24) is 0 Å². The molecule has 0 amide bonds. The Morgan fingerprint density at radius 1 is 1.28 bits per heavy atom. The summed E-state index contributed by atoms with van der Waals surface area (Å²) in [5.74, 6) is 0. The average molecular weight is 249 g/mol. The third-order valence-electron chi connectivity index (χ3n) is 3.02. The van der Waals surface area contributed by atoms with E-state index >= 15 is 0 Å². The summed E-state index contributed by atoms with van der Waals surface area (Å²) in [7, 11) is 0. The van der Waals surface area contributed by atoms with E-state index in [4.69, 9.17) is 9.47 Å². The van der Waals surface area contributed by atoms with E-state index in [0.29, 0.717) is 12.6 Å². The highest BCUT2D eigenvalue weighted by Crippen LogP contribution is 2.20. The molecule has 0 N–H and O–H groups in total. The second-order valence-electron chi connectivity index (χ2n) is 5.68. The van der Waals surface area contributed by atoms with Crippen molar-refractivity contribution >= 4 is 5.69 Å². The van der Waals surface area contributed by atoms with E-state index in [0.717, 1.165) is 19.8 Å². The van der Waals surface area contributed by atoms with E-state index in [2.05, 4.69) is 49.9 Å². The van der Waals surface area contributed by atoms with E-state index in [9.17, 15) is 0 Å². The Balaban J connectivity index is 2.02. The molecule has 0 aromatic heterocycles. The van der Waals surface area contributed by atoms with E-state index < -0.39 is 0 Å². The standard InChI is InChI=1S/C15H23NO2/c1-15(2,3)18-12-14-11-17-10-9-16(14)13-7-5-4-6-8-13/h4-8,14H,9-12H2,1-3H3/t14-/m1/s1. The van der Waals surface area contributed by atoms with Crippen LogP contribution in [-0.2, 0) is 9.47 Å². The Morgan fingerprint density at radius 3 is 2.67 bits per heavy atom. The molecular formula is C15H23NO2. The first-order valence-corrected chi connectivity index (χ1v) is 6.60. The second kappa shape index (κ2) is 5.72. The molecule has 1 saturated heterocycles. The first-order chi connectivity index (χ1) is 8.56. The van der Waals surface area contributed by atoms with Gasteiger partial charge in [-0.3, -0.25) is 0 Å². The van der Waals surface area contributed by atoms with Crippen LogP contribution in [0.3, 0.4) is 0 Å². The number of rotatable bonds is 3. The maximum absolute atomic E-state index is 5.90. The van der Waals surface area contributed by atoms with Gasteiger partial charge in [-0.05, 0) is 32.9 Å². The SMILES string of the molecule is CC(C)(C)OC[C@H]1COCCN1c1ccccc1. The lowest BCUT2D eigenvalue weighted by Crippen LogP contribution is -2.49. The fourth-order valence-electron chi connectivity index (χ4n) is 2.10. The largest absolute Gasteiger partial charge is 0.377 e. The fraction of sp³-hybridized carbons (Fsp3) is 0.600. The molecule has 2 rings (SSSR count). The number of hydrogen-bond acceptors (Lipinski definition) is 3. The summed E-state index contributed by atoms with van der Waals surface area (Å²) in [5.41, 5.74) is 1.16. The lowest BCUT2D eigenvalue weighted by atomic mass is 10.1. The predicted molar refractivity (Wildman–Crippen MR) is 74.1 cm³/mol. The summed E-state index contributed by atoms with van der Waals surface area (Å²) >= 11 is 0. The number of benzene rings is 1. The normalized spacial score (nSPS) is 21.1. The highest BCUT2D eigenvalue weighted by molar-refractivity contribution is 5.47. The Kier molecular flexibility index (Phi) is 4.25. The monoisotopic (exact) mass is 249 g/mol. The smallest absolute Gasteiger partial charge is 0.0758 e. The van der Waals surface area contributed by atoms with E-state index in [1.165, 1.54) is 5.69 Å². The first-order valence-electron chi connectivity index (χ1n) is 6.60. The average Bonchev–Trinajstić information content (AvgIpc) is 2.37. The van der Waals surface area contributed by atoms with Gasteiger partial charge in [0.1, 0.15) is 0 Å². The van der Waals surface area contributed by atoms with Crippen LogP contribution in [0.15, 0.2) is 30.3 Å². The molecule has 18 heavy (non-hydrogen) atoms. The van der Waals surface area contributed by atoms with Gasteiger partial charge in [-0.15, -0.1) is 0 Å². The van der Waals surface area contributed by atoms with Crippen molar-refractivity contribution in [2.75, 3.05) is 31.3 Å². The van der Waals surface area contributed by atoms with Crippen LogP contribution >= 0.6 is 0 Å². The Bertz CT molecular complexity index is 359. The topological polar surface area (TPSA) is 21.7 Å². The number of hydrogen-bond donors (Lipinski definition) is 0. The summed E-state index contributed by atoms with van der Waals surface area (Å²) < 4.78 is 11.5. The maximum Gasteiger partial charge on any atom is 0.0758 e. The minimum Gasteiger partial charge on any atom is -0.377 e. The van der Waals surface area contributed by atoms with Crippen molar-refractivity contribution in [2.24, 2.45) is 0 Å². The molecule has 0 aliphatic carbocycles. The van der Waals surface area contributed by atoms with Gasteiger partial charge in [-0.1, -0.05) is 18.2 Å². The number of morpholine rings is 1. The number of ether oxygens (including phenoxy) is 2. The Labute approximate surface area is 110 Å². The minimum atomic E-state index is -0.0974. The van der Waals surface area contributed by atoms with Crippen molar-refractivity contribution in [1.29, 1.82) is 0 Å². The number of nitrogens with zero attached hydrogens (tertiary/aromatic N) is 1. The molecule has 1 aliphatic heterocycles. The van der Waals surface area contributed by atoms with Crippen molar-refractivity contribution in [3.05, 3.63) is 30.3 Å². The quantitative estimate of drug-likeness (QED) is 0.822. The Morgan fingerprint density at radius 2 is 2.00 bits per heavy atom. The van der Waals surface area contributed by atoms with Crippen LogP contribution in [0.1, 0.15) is 20.8 Å². The molecule has 0 bridgehead atoms. The van der Waals surface area contributed by atoms with Crippen LogP contribution in [-0.4, -0.2) is 38.0 Å². The molecule has 1 heterocycles. The molecule has 1 atom stereocenters. The Hall–Kier alpha value is -1.06. The van der Waals surface area contributed by atoms with Crippen LogP contribution in [0, 0.1) is 0 Å². The van der Waals surface area contributed by atoms with Crippen LogP contribution in [0.2, 0.25) is 0 Å². The molecule has 1 aliphatic rings. The van der Waals surface area contributed by atoms with E-state index in [-0.39, 0.29) is 5.60 Å². The first kappa shape index (κ1) is 13.4. The van der Waals surface area contributed by atoms with Crippen LogP contribution in [0.5, 0.6) is 0 Å². The minimum absolute atomic E-state index is 0.0974. The molecule has 3 nitrogen and oxygen atoms in total. The fourth-order valence-corrected chi connectivity index (χ4v) is 2.10. The number of para-hydroxylation sites is 1. The van der Waals surface area contributed by atoms with Crippen LogP contribution in [0.4, 0.5) is 5.69 Å². The third kappa shape index (κ3) is 3.72. The highest BCUT2D eigenvalue weighted by atomic mass is 16.5. The molecule has 1 fully saturated rings. The second-order valence-corrected chi connectivity index (χ2v) is 5.68. The predicted octanol–water partition coefficient (Wildman–Crippen LogP) is 2.71. The summed E-state index contributed by atoms with van der Waals surface area (Å²) in [6, 6.07) is 10.8. The highest BCUT2D eigenvalue weighted by Gasteiger charge is 2.25. The van der Waals surface area contributed by atoms with Gasteiger partial charge in [0.15, 0.2) is 0 Å². The van der Waals surface area contributed by atoms with Gasteiger partial charge in [0.25, 0.3) is 0 Å². The van der Waals surface area contributed by atoms with Crippen molar-refractivity contribution < 1.29 is 9.47 Å². The molecule has 0 radical (unpaired) electrons. The molecule has 100 valence electrons.